The average Bonchev–Trinajstić information content (AvgIpc) is 2.72. The number of rotatable bonds is 3. The molecule has 5 heteroatoms. The Kier molecular flexibility index (Phi) is 3.23. The van der Waals surface area contributed by atoms with Crippen molar-refractivity contribution in [1.29, 1.82) is 0 Å². The zero-order valence-electron chi connectivity index (χ0n) is 12.7. The number of hydrogen-bond acceptors (Lipinski definition) is 2. The summed E-state index contributed by atoms with van der Waals surface area (Å²) < 4.78 is 40.8. The maximum Gasteiger partial charge on any atom is 0.240 e. The Labute approximate surface area is 126 Å². The predicted octanol–water partition coefficient (Wildman–Crippen LogP) is 3.32. The molecule has 0 aliphatic heterocycles. The number of fused-ring (bicyclic) bond motifs is 2. The summed E-state index contributed by atoms with van der Waals surface area (Å²) in [6.07, 6.45) is 3.13. The van der Waals surface area contributed by atoms with E-state index in [1.165, 1.54) is 30.7 Å². The van der Waals surface area contributed by atoms with Crippen LogP contribution in [0.4, 0.5) is 4.39 Å². The Morgan fingerprint density at radius 1 is 1.19 bits per heavy atom. The van der Waals surface area contributed by atoms with Crippen molar-refractivity contribution in [3.8, 4) is 0 Å². The van der Waals surface area contributed by atoms with E-state index in [0.717, 1.165) is 12.8 Å². The van der Waals surface area contributed by atoms with E-state index in [-0.39, 0.29) is 21.8 Å². The molecule has 1 aromatic carbocycles. The topological polar surface area (TPSA) is 46.2 Å². The lowest BCUT2D eigenvalue weighted by atomic mass is 9.69. The second-order valence-electron chi connectivity index (χ2n) is 7.24. The molecule has 116 valence electrons. The van der Waals surface area contributed by atoms with Gasteiger partial charge in [-0.25, -0.2) is 17.5 Å². The standard InChI is InChI=1S/C16H22FNO2S/c1-15(2)11-8-9-16(15,3)14(10-11)18-21(19,20)13-6-4-12(17)5-7-13/h4-7,11,14,18H,8-10H2,1-3H3/t11?,14?,16-/m1/s1. The van der Waals surface area contributed by atoms with E-state index in [9.17, 15) is 12.8 Å². The lowest BCUT2D eigenvalue weighted by molar-refractivity contribution is 0.130. The van der Waals surface area contributed by atoms with Crippen molar-refractivity contribution in [2.45, 2.75) is 51.0 Å². The smallest absolute Gasteiger partial charge is 0.207 e. The Hall–Kier alpha value is -0.940. The van der Waals surface area contributed by atoms with E-state index in [4.69, 9.17) is 0 Å². The molecule has 0 spiro atoms. The zero-order chi connectivity index (χ0) is 15.5. The van der Waals surface area contributed by atoms with Gasteiger partial charge in [0.05, 0.1) is 4.90 Å². The van der Waals surface area contributed by atoms with Crippen LogP contribution in [0.3, 0.4) is 0 Å². The summed E-state index contributed by atoms with van der Waals surface area (Å²) in [5.41, 5.74) is 0.147. The molecule has 0 amide bonds. The van der Waals surface area contributed by atoms with E-state index in [1.54, 1.807) is 0 Å². The first-order valence-electron chi connectivity index (χ1n) is 7.45. The van der Waals surface area contributed by atoms with Gasteiger partial charge in [0.1, 0.15) is 5.82 Å². The molecule has 2 aliphatic carbocycles. The van der Waals surface area contributed by atoms with Crippen molar-refractivity contribution in [2.24, 2.45) is 16.7 Å². The van der Waals surface area contributed by atoms with Crippen molar-refractivity contribution < 1.29 is 12.8 Å². The molecule has 21 heavy (non-hydrogen) atoms. The fourth-order valence-corrected chi connectivity index (χ4v) is 5.61. The predicted molar refractivity (Wildman–Crippen MR) is 79.7 cm³/mol. The molecule has 2 unspecified atom stereocenters. The third-order valence-corrected chi connectivity index (χ3v) is 7.70. The summed E-state index contributed by atoms with van der Waals surface area (Å²) in [5, 5.41) is 0. The Balaban J connectivity index is 1.86. The highest BCUT2D eigenvalue weighted by Gasteiger charge is 2.61. The SMILES string of the molecule is CC1(C)C2CC[C@]1(C)C(NS(=O)(=O)c1ccc(F)cc1)C2. The van der Waals surface area contributed by atoms with Gasteiger partial charge in [-0.1, -0.05) is 20.8 Å². The van der Waals surface area contributed by atoms with Crippen LogP contribution in [0.25, 0.3) is 0 Å². The summed E-state index contributed by atoms with van der Waals surface area (Å²) >= 11 is 0. The third kappa shape index (κ3) is 2.13. The van der Waals surface area contributed by atoms with Crippen LogP contribution in [-0.2, 0) is 10.0 Å². The van der Waals surface area contributed by atoms with E-state index in [1.807, 2.05) is 0 Å². The van der Waals surface area contributed by atoms with Crippen molar-refractivity contribution in [3.05, 3.63) is 30.1 Å². The second-order valence-corrected chi connectivity index (χ2v) is 8.95. The van der Waals surface area contributed by atoms with Crippen molar-refractivity contribution in [2.75, 3.05) is 0 Å². The first-order valence-corrected chi connectivity index (χ1v) is 8.93. The van der Waals surface area contributed by atoms with Gasteiger partial charge in [0, 0.05) is 6.04 Å². The van der Waals surface area contributed by atoms with Crippen LogP contribution in [0.2, 0.25) is 0 Å². The van der Waals surface area contributed by atoms with Crippen molar-refractivity contribution >= 4 is 10.0 Å². The normalized spacial score (nSPS) is 34.3. The van der Waals surface area contributed by atoms with Gasteiger partial charge in [0.15, 0.2) is 0 Å². The number of halogens is 1. The molecular weight excluding hydrogens is 289 g/mol. The lowest BCUT2D eigenvalue weighted by Gasteiger charge is -2.39. The fourth-order valence-electron chi connectivity index (χ4n) is 4.25. The van der Waals surface area contributed by atoms with Gasteiger partial charge in [0.25, 0.3) is 0 Å². The van der Waals surface area contributed by atoms with E-state index in [2.05, 4.69) is 25.5 Å². The van der Waals surface area contributed by atoms with Crippen LogP contribution >= 0.6 is 0 Å². The number of sulfonamides is 1. The number of benzene rings is 1. The lowest BCUT2D eigenvalue weighted by Crippen LogP contribution is -2.46. The quantitative estimate of drug-likeness (QED) is 0.931. The summed E-state index contributed by atoms with van der Waals surface area (Å²) in [6, 6.07) is 4.96. The second kappa shape index (κ2) is 4.53. The summed E-state index contributed by atoms with van der Waals surface area (Å²) in [4.78, 5) is 0.132. The molecule has 2 fully saturated rings. The molecule has 0 heterocycles. The van der Waals surface area contributed by atoms with Crippen LogP contribution in [0.5, 0.6) is 0 Å². The molecular formula is C16H22FNO2S. The first kappa shape index (κ1) is 15.0. The largest absolute Gasteiger partial charge is 0.240 e. The molecule has 0 radical (unpaired) electrons. The van der Waals surface area contributed by atoms with E-state index >= 15 is 0 Å². The molecule has 0 saturated heterocycles. The fraction of sp³-hybridized carbons (Fsp3) is 0.625. The molecule has 2 saturated carbocycles. The summed E-state index contributed by atoms with van der Waals surface area (Å²) in [7, 11) is -3.59. The Bertz CT molecular complexity index is 653. The van der Waals surface area contributed by atoms with Gasteiger partial charge in [-0.15, -0.1) is 0 Å². The van der Waals surface area contributed by atoms with Crippen LogP contribution < -0.4 is 4.72 Å². The molecule has 3 rings (SSSR count). The highest BCUT2D eigenvalue weighted by atomic mass is 32.2. The maximum atomic E-state index is 12.9. The monoisotopic (exact) mass is 311 g/mol. The molecule has 2 aliphatic rings. The van der Waals surface area contributed by atoms with E-state index in [0.29, 0.717) is 5.92 Å². The molecule has 2 bridgehead atoms. The molecule has 1 aromatic rings. The molecule has 0 aromatic heterocycles. The van der Waals surface area contributed by atoms with Gasteiger partial charge < -0.3 is 0 Å². The maximum absolute atomic E-state index is 12.9. The summed E-state index contributed by atoms with van der Waals surface area (Å²) in [5.74, 6) is 0.144. The Morgan fingerprint density at radius 2 is 1.81 bits per heavy atom. The van der Waals surface area contributed by atoms with Gasteiger partial charge in [0.2, 0.25) is 10.0 Å². The average molecular weight is 311 g/mol. The molecule has 3 nitrogen and oxygen atoms in total. The van der Waals surface area contributed by atoms with Crippen molar-refractivity contribution in [1.82, 2.24) is 4.72 Å². The van der Waals surface area contributed by atoms with Gasteiger partial charge in [-0.3, -0.25) is 0 Å². The summed E-state index contributed by atoms with van der Waals surface area (Å²) in [6.45, 7) is 6.69. The number of nitrogens with one attached hydrogen (secondary N) is 1. The van der Waals surface area contributed by atoms with Crippen LogP contribution in [0.15, 0.2) is 29.2 Å². The van der Waals surface area contributed by atoms with Crippen LogP contribution in [0, 0.1) is 22.6 Å². The molecule has 1 N–H and O–H groups in total. The molecule has 3 atom stereocenters. The minimum Gasteiger partial charge on any atom is -0.207 e. The van der Waals surface area contributed by atoms with Gasteiger partial charge in [-0.2, -0.15) is 0 Å². The first-order chi connectivity index (χ1) is 9.67. The minimum absolute atomic E-state index is 0.00916. The third-order valence-electron chi connectivity index (χ3n) is 6.22. The van der Waals surface area contributed by atoms with Crippen LogP contribution in [0.1, 0.15) is 40.0 Å². The van der Waals surface area contributed by atoms with Crippen LogP contribution in [-0.4, -0.2) is 14.5 Å². The van der Waals surface area contributed by atoms with Gasteiger partial charge in [-0.05, 0) is 60.3 Å². The highest BCUT2D eigenvalue weighted by Crippen LogP contribution is 2.65. The van der Waals surface area contributed by atoms with Crippen molar-refractivity contribution in [3.63, 3.8) is 0 Å². The highest BCUT2D eigenvalue weighted by molar-refractivity contribution is 7.89. The number of hydrogen-bond donors (Lipinski definition) is 1. The van der Waals surface area contributed by atoms with Gasteiger partial charge >= 0.3 is 0 Å². The van der Waals surface area contributed by atoms with E-state index < -0.39 is 15.8 Å². The Morgan fingerprint density at radius 3 is 2.29 bits per heavy atom. The zero-order valence-corrected chi connectivity index (χ0v) is 13.5. The minimum atomic E-state index is -3.59.